The summed E-state index contributed by atoms with van der Waals surface area (Å²) in [5.74, 6) is 2.44. The molecule has 0 aromatic carbocycles. The van der Waals surface area contributed by atoms with E-state index in [2.05, 4.69) is 56.5 Å². The van der Waals surface area contributed by atoms with Crippen LogP contribution in [0.25, 0.3) is 0 Å². The maximum atomic E-state index is 5.47. The number of nitrogens with one attached hydrogen (secondary N) is 5. The van der Waals surface area contributed by atoms with E-state index in [1.165, 1.54) is 6.33 Å². The summed E-state index contributed by atoms with van der Waals surface area (Å²) in [7, 11) is 1.75. The molecule has 0 amide bonds. The molecule has 2 rings (SSSR count). The van der Waals surface area contributed by atoms with E-state index in [4.69, 9.17) is 5.73 Å². The van der Waals surface area contributed by atoms with E-state index in [1.807, 2.05) is 6.92 Å². The van der Waals surface area contributed by atoms with Crippen molar-refractivity contribution in [2.24, 2.45) is 5.73 Å². The first-order valence-electron chi connectivity index (χ1n) is 8.03. The van der Waals surface area contributed by atoms with Crippen molar-refractivity contribution in [1.29, 1.82) is 0 Å². The van der Waals surface area contributed by atoms with Crippen LogP contribution in [0, 0.1) is 0 Å². The van der Waals surface area contributed by atoms with Gasteiger partial charge in [-0.2, -0.15) is 19.9 Å². The Morgan fingerprint density at radius 3 is 1.88 bits per heavy atom. The predicted molar refractivity (Wildman–Crippen MR) is 97.9 cm³/mol. The zero-order valence-electron chi connectivity index (χ0n) is 14.4. The van der Waals surface area contributed by atoms with Gasteiger partial charge in [-0.1, -0.05) is 0 Å². The standard InChI is InChI=1S/C13H24N12/c1-3-16-10-20-8-21-11(24-10)18-6-7-19-13-23-9(15-2)22-12(25-13)17-5-4-14/h8H,3-7,14H2,1-2H3,(H2,16,18,20,21,24)(H3,15,17,19,22,23,25). The summed E-state index contributed by atoms with van der Waals surface area (Å²) in [6.07, 6.45) is 1.46. The number of aromatic nitrogens is 6. The Morgan fingerprint density at radius 2 is 1.28 bits per heavy atom. The van der Waals surface area contributed by atoms with Crippen LogP contribution in [-0.2, 0) is 0 Å². The lowest BCUT2D eigenvalue weighted by atomic mass is 10.6. The summed E-state index contributed by atoms with van der Waals surface area (Å²) in [4.78, 5) is 25.1. The van der Waals surface area contributed by atoms with Crippen LogP contribution in [0.1, 0.15) is 6.92 Å². The zero-order chi connectivity index (χ0) is 17.9. The van der Waals surface area contributed by atoms with Crippen LogP contribution >= 0.6 is 0 Å². The van der Waals surface area contributed by atoms with Gasteiger partial charge in [-0.25, -0.2) is 9.97 Å². The van der Waals surface area contributed by atoms with Gasteiger partial charge in [-0.05, 0) is 6.92 Å². The maximum absolute atomic E-state index is 5.47. The zero-order valence-corrected chi connectivity index (χ0v) is 14.4. The van der Waals surface area contributed by atoms with Gasteiger partial charge in [0.2, 0.25) is 29.7 Å². The molecule has 0 saturated carbocycles. The average molecular weight is 348 g/mol. The van der Waals surface area contributed by atoms with Crippen molar-refractivity contribution in [2.45, 2.75) is 6.92 Å². The number of hydrogen-bond acceptors (Lipinski definition) is 12. The van der Waals surface area contributed by atoms with E-state index >= 15 is 0 Å². The van der Waals surface area contributed by atoms with E-state index in [-0.39, 0.29) is 0 Å². The monoisotopic (exact) mass is 348 g/mol. The van der Waals surface area contributed by atoms with Gasteiger partial charge in [-0.15, -0.1) is 0 Å². The van der Waals surface area contributed by atoms with Gasteiger partial charge in [0.25, 0.3) is 0 Å². The van der Waals surface area contributed by atoms with Crippen molar-refractivity contribution < 1.29 is 0 Å². The second-order valence-corrected chi connectivity index (χ2v) is 4.79. The minimum atomic E-state index is 0.463. The molecule has 0 unspecified atom stereocenters. The summed E-state index contributed by atoms with van der Waals surface area (Å²) < 4.78 is 0. The molecule has 7 N–H and O–H groups in total. The minimum Gasteiger partial charge on any atom is -0.357 e. The summed E-state index contributed by atoms with van der Waals surface area (Å²) in [5.41, 5.74) is 5.47. The fraction of sp³-hybridized carbons (Fsp3) is 0.538. The van der Waals surface area contributed by atoms with Crippen molar-refractivity contribution in [3.05, 3.63) is 6.33 Å². The van der Waals surface area contributed by atoms with Crippen molar-refractivity contribution in [3.8, 4) is 0 Å². The topological polar surface area (TPSA) is 164 Å². The molecule has 0 bridgehead atoms. The Balaban J connectivity index is 1.85. The lowest BCUT2D eigenvalue weighted by Crippen LogP contribution is -2.19. The molecule has 0 saturated heterocycles. The van der Waals surface area contributed by atoms with Crippen molar-refractivity contribution in [3.63, 3.8) is 0 Å². The first-order valence-corrected chi connectivity index (χ1v) is 8.03. The van der Waals surface area contributed by atoms with Gasteiger partial charge < -0.3 is 32.3 Å². The van der Waals surface area contributed by atoms with Crippen LogP contribution in [0.3, 0.4) is 0 Å². The largest absolute Gasteiger partial charge is 0.357 e. The number of anilines is 5. The van der Waals surface area contributed by atoms with E-state index in [0.717, 1.165) is 6.54 Å². The third-order valence-electron chi connectivity index (χ3n) is 2.88. The lowest BCUT2D eigenvalue weighted by molar-refractivity contribution is 0.945. The molecule has 136 valence electrons. The highest BCUT2D eigenvalue weighted by atomic mass is 15.3. The first-order chi connectivity index (χ1) is 12.2. The van der Waals surface area contributed by atoms with Crippen LogP contribution < -0.4 is 32.3 Å². The van der Waals surface area contributed by atoms with Crippen LogP contribution in [0.15, 0.2) is 6.33 Å². The second-order valence-electron chi connectivity index (χ2n) is 4.79. The second kappa shape index (κ2) is 9.97. The van der Waals surface area contributed by atoms with Crippen molar-refractivity contribution in [1.82, 2.24) is 29.9 Å². The molecule has 2 heterocycles. The smallest absolute Gasteiger partial charge is 0.229 e. The van der Waals surface area contributed by atoms with Crippen molar-refractivity contribution in [2.75, 3.05) is 66.4 Å². The molecule has 2 aromatic heterocycles. The van der Waals surface area contributed by atoms with Gasteiger partial charge in [0, 0.05) is 39.8 Å². The maximum Gasteiger partial charge on any atom is 0.229 e. The fourth-order valence-electron chi connectivity index (χ4n) is 1.80. The summed E-state index contributed by atoms with van der Waals surface area (Å²) in [5, 5.41) is 15.2. The predicted octanol–water partition coefficient (Wildman–Crippen LogP) is -0.575. The third kappa shape index (κ3) is 6.18. The first kappa shape index (κ1) is 18.3. The Labute approximate surface area is 145 Å². The van der Waals surface area contributed by atoms with Gasteiger partial charge >= 0.3 is 0 Å². The normalized spacial score (nSPS) is 10.2. The van der Waals surface area contributed by atoms with Crippen molar-refractivity contribution >= 4 is 29.7 Å². The van der Waals surface area contributed by atoms with Crippen LogP contribution in [0.5, 0.6) is 0 Å². The molecule has 0 aliphatic rings. The Morgan fingerprint density at radius 1 is 0.760 bits per heavy atom. The number of nitrogens with zero attached hydrogens (tertiary/aromatic N) is 6. The Kier molecular flexibility index (Phi) is 7.31. The quantitative estimate of drug-likeness (QED) is 0.287. The number of nitrogens with two attached hydrogens (primary N) is 1. The van der Waals surface area contributed by atoms with Gasteiger partial charge in [-0.3, -0.25) is 0 Å². The van der Waals surface area contributed by atoms with E-state index in [1.54, 1.807) is 7.05 Å². The molecule has 0 spiro atoms. The molecule has 0 radical (unpaired) electrons. The average Bonchev–Trinajstić information content (AvgIpc) is 2.64. The van der Waals surface area contributed by atoms with Crippen LogP contribution in [0.4, 0.5) is 29.7 Å². The number of hydrogen-bond donors (Lipinski definition) is 6. The highest BCUT2D eigenvalue weighted by Crippen LogP contribution is 2.08. The summed E-state index contributed by atoms with van der Waals surface area (Å²) >= 11 is 0. The summed E-state index contributed by atoms with van der Waals surface area (Å²) in [6.45, 7) is 4.97. The highest BCUT2D eigenvalue weighted by Gasteiger charge is 2.05. The molecule has 25 heavy (non-hydrogen) atoms. The molecule has 0 aliphatic heterocycles. The van der Waals surface area contributed by atoms with Gasteiger partial charge in [0.15, 0.2) is 0 Å². The molecular formula is C13H24N12. The van der Waals surface area contributed by atoms with Gasteiger partial charge in [0.05, 0.1) is 0 Å². The molecule has 2 aromatic rings. The fourth-order valence-corrected chi connectivity index (χ4v) is 1.80. The molecule has 0 atom stereocenters. The van der Waals surface area contributed by atoms with E-state index in [9.17, 15) is 0 Å². The number of rotatable bonds is 11. The Hall–Kier alpha value is -3.02. The van der Waals surface area contributed by atoms with E-state index < -0.39 is 0 Å². The van der Waals surface area contributed by atoms with Crippen LogP contribution in [0.2, 0.25) is 0 Å². The third-order valence-corrected chi connectivity index (χ3v) is 2.88. The highest BCUT2D eigenvalue weighted by molar-refractivity contribution is 5.42. The SMILES string of the molecule is CCNc1ncnc(NCCNc2nc(NC)nc(NCCN)n2)n1. The molecule has 12 heteroatoms. The molecule has 0 fully saturated rings. The Bertz CT molecular complexity index is 649. The van der Waals surface area contributed by atoms with E-state index in [0.29, 0.717) is 55.9 Å². The lowest BCUT2D eigenvalue weighted by Gasteiger charge is -2.10. The van der Waals surface area contributed by atoms with Crippen LogP contribution in [-0.4, -0.2) is 69.7 Å². The summed E-state index contributed by atoms with van der Waals surface area (Å²) in [6, 6.07) is 0. The minimum absolute atomic E-state index is 0.463. The molecular weight excluding hydrogens is 324 g/mol. The molecule has 12 nitrogen and oxygen atoms in total. The molecule has 0 aliphatic carbocycles. The van der Waals surface area contributed by atoms with Gasteiger partial charge in [0.1, 0.15) is 6.33 Å².